The van der Waals surface area contributed by atoms with Gasteiger partial charge in [-0.2, -0.15) is 0 Å². The molecule has 0 spiro atoms. The highest BCUT2D eigenvalue weighted by atomic mass is 16.3. The number of fused-ring (bicyclic) bond motifs is 1. The van der Waals surface area contributed by atoms with Crippen molar-refractivity contribution in [2.75, 3.05) is 65.5 Å². The zero-order valence-electron chi connectivity index (χ0n) is 14.5. The number of benzene rings is 1. The summed E-state index contributed by atoms with van der Waals surface area (Å²) >= 11 is 0. The Morgan fingerprint density at radius 1 is 0.840 bits per heavy atom. The summed E-state index contributed by atoms with van der Waals surface area (Å²) in [7, 11) is 0. The van der Waals surface area contributed by atoms with Gasteiger partial charge in [-0.15, -0.1) is 0 Å². The van der Waals surface area contributed by atoms with Crippen LogP contribution in [0.5, 0.6) is 0 Å². The number of rotatable bonds is 5. The lowest BCUT2D eigenvalue weighted by Gasteiger charge is -2.26. The molecule has 0 atom stereocenters. The summed E-state index contributed by atoms with van der Waals surface area (Å²) in [6.07, 6.45) is 0. The Morgan fingerprint density at radius 3 is 1.96 bits per heavy atom. The van der Waals surface area contributed by atoms with E-state index in [0.717, 1.165) is 39.3 Å². The Morgan fingerprint density at radius 2 is 1.40 bits per heavy atom. The zero-order valence-corrected chi connectivity index (χ0v) is 14.5. The van der Waals surface area contributed by atoms with E-state index in [2.05, 4.69) is 15.1 Å². The number of nitrogens with zero attached hydrogens (tertiary/aromatic N) is 3. The van der Waals surface area contributed by atoms with Crippen LogP contribution in [0.25, 0.3) is 0 Å². The van der Waals surface area contributed by atoms with Crippen LogP contribution in [0.4, 0.5) is 0 Å². The standard InChI is InChI=1S/C18H26N4O3/c23-14-13-21-8-6-19-5-7-20(9-10-21)11-12-22-17(24)15-3-1-2-4-16(15)18(22)25/h1-4,19,23H,5-14H2. The lowest BCUT2D eigenvalue weighted by molar-refractivity contribution is 0.0634. The number of carbonyl (C=O) groups is 2. The van der Waals surface area contributed by atoms with Crippen LogP contribution < -0.4 is 5.32 Å². The summed E-state index contributed by atoms with van der Waals surface area (Å²) in [4.78, 5) is 30.7. The molecule has 0 aliphatic carbocycles. The predicted molar refractivity (Wildman–Crippen MR) is 94.6 cm³/mol. The van der Waals surface area contributed by atoms with E-state index < -0.39 is 0 Å². The van der Waals surface area contributed by atoms with Gasteiger partial charge >= 0.3 is 0 Å². The Hall–Kier alpha value is -1.80. The van der Waals surface area contributed by atoms with Crippen molar-refractivity contribution in [1.29, 1.82) is 0 Å². The van der Waals surface area contributed by atoms with E-state index in [9.17, 15) is 9.59 Å². The molecular weight excluding hydrogens is 320 g/mol. The summed E-state index contributed by atoms with van der Waals surface area (Å²) in [5.74, 6) is -0.380. The second kappa shape index (κ2) is 8.53. The molecule has 7 heteroatoms. The van der Waals surface area contributed by atoms with Crippen LogP contribution in [0.2, 0.25) is 0 Å². The van der Waals surface area contributed by atoms with Crippen molar-refractivity contribution < 1.29 is 14.7 Å². The Balaban J connectivity index is 1.57. The van der Waals surface area contributed by atoms with E-state index in [1.807, 2.05) is 0 Å². The molecule has 0 saturated carbocycles. The minimum atomic E-state index is -0.190. The van der Waals surface area contributed by atoms with Crippen LogP contribution in [0.15, 0.2) is 24.3 Å². The van der Waals surface area contributed by atoms with Crippen molar-refractivity contribution in [3.8, 4) is 0 Å². The summed E-state index contributed by atoms with van der Waals surface area (Å²) in [5, 5.41) is 12.5. The third-order valence-corrected chi connectivity index (χ3v) is 4.88. The minimum absolute atomic E-state index is 0.162. The van der Waals surface area contributed by atoms with Gasteiger partial charge in [0.2, 0.25) is 0 Å². The molecule has 7 nitrogen and oxygen atoms in total. The van der Waals surface area contributed by atoms with E-state index in [0.29, 0.717) is 30.8 Å². The summed E-state index contributed by atoms with van der Waals surface area (Å²) in [6.45, 7) is 7.26. The van der Waals surface area contributed by atoms with Gasteiger partial charge in [-0.05, 0) is 12.1 Å². The van der Waals surface area contributed by atoms with E-state index in [-0.39, 0.29) is 18.4 Å². The molecule has 0 bridgehead atoms. The van der Waals surface area contributed by atoms with Gasteiger partial charge in [0.1, 0.15) is 0 Å². The molecule has 2 heterocycles. The summed E-state index contributed by atoms with van der Waals surface area (Å²) in [5.41, 5.74) is 1.01. The van der Waals surface area contributed by atoms with Gasteiger partial charge in [-0.3, -0.25) is 24.3 Å². The van der Waals surface area contributed by atoms with Crippen LogP contribution in [0.1, 0.15) is 20.7 Å². The predicted octanol–water partition coefficient (Wildman–Crippen LogP) is -0.518. The minimum Gasteiger partial charge on any atom is -0.395 e. The Labute approximate surface area is 148 Å². The number of hydrogen-bond acceptors (Lipinski definition) is 6. The van der Waals surface area contributed by atoms with Crippen molar-refractivity contribution in [2.24, 2.45) is 0 Å². The number of aliphatic hydroxyl groups is 1. The van der Waals surface area contributed by atoms with Gasteiger partial charge < -0.3 is 10.4 Å². The molecule has 136 valence electrons. The first kappa shape index (κ1) is 18.0. The van der Waals surface area contributed by atoms with Crippen LogP contribution in [0, 0.1) is 0 Å². The van der Waals surface area contributed by atoms with Crippen molar-refractivity contribution in [3.05, 3.63) is 35.4 Å². The van der Waals surface area contributed by atoms with Crippen molar-refractivity contribution in [2.45, 2.75) is 0 Å². The number of carbonyl (C=O) groups excluding carboxylic acids is 2. The molecule has 1 saturated heterocycles. The number of amides is 2. The number of nitrogens with one attached hydrogen (secondary N) is 1. The number of imide groups is 1. The van der Waals surface area contributed by atoms with Crippen LogP contribution in [0.3, 0.4) is 0 Å². The van der Waals surface area contributed by atoms with Gasteiger partial charge in [-0.25, -0.2) is 0 Å². The normalized spacial score (nSPS) is 20.3. The van der Waals surface area contributed by atoms with E-state index in [1.165, 1.54) is 4.90 Å². The third-order valence-electron chi connectivity index (χ3n) is 4.88. The molecule has 1 aromatic carbocycles. The first-order valence-corrected chi connectivity index (χ1v) is 8.92. The molecule has 25 heavy (non-hydrogen) atoms. The van der Waals surface area contributed by atoms with Gasteiger partial charge in [0.05, 0.1) is 17.7 Å². The lowest BCUT2D eigenvalue weighted by Crippen LogP contribution is -2.42. The highest BCUT2D eigenvalue weighted by Crippen LogP contribution is 2.22. The average Bonchev–Trinajstić information content (AvgIpc) is 2.93. The maximum Gasteiger partial charge on any atom is 0.261 e. The van der Waals surface area contributed by atoms with Crippen molar-refractivity contribution in [3.63, 3.8) is 0 Å². The van der Waals surface area contributed by atoms with Gasteiger partial charge in [-0.1, -0.05) is 12.1 Å². The number of hydrogen-bond donors (Lipinski definition) is 2. The molecule has 2 N–H and O–H groups in total. The molecule has 1 fully saturated rings. The first-order valence-electron chi connectivity index (χ1n) is 8.92. The molecule has 0 aromatic heterocycles. The second-order valence-electron chi connectivity index (χ2n) is 6.46. The maximum absolute atomic E-state index is 12.4. The molecule has 1 aromatic rings. The van der Waals surface area contributed by atoms with Gasteiger partial charge in [0.15, 0.2) is 0 Å². The van der Waals surface area contributed by atoms with Crippen LogP contribution in [-0.4, -0.2) is 97.1 Å². The average molecular weight is 346 g/mol. The SMILES string of the molecule is O=C1c2ccccc2C(=O)N1CCN1CCNCCN(CCO)CC1. The first-order chi connectivity index (χ1) is 12.2. The second-order valence-corrected chi connectivity index (χ2v) is 6.46. The quantitative estimate of drug-likeness (QED) is 0.699. The fourth-order valence-electron chi connectivity index (χ4n) is 3.38. The monoisotopic (exact) mass is 346 g/mol. The van der Waals surface area contributed by atoms with Gasteiger partial charge in [0, 0.05) is 58.9 Å². The molecule has 2 aliphatic heterocycles. The van der Waals surface area contributed by atoms with Crippen LogP contribution in [-0.2, 0) is 0 Å². The van der Waals surface area contributed by atoms with Crippen molar-refractivity contribution >= 4 is 11.8 Å². The Kier molecular flexibility index (Phi) is 6.14. The summed E-state index contributed by atoms with van der Waals surface area (Å²) in [6, 6.07) is 7.01. The summed E-state index contributed by atoms with van der Waals surface area (Å²) < 4.78 is 0. The fourth-order valence-corrected chi connectivity index (χ4v) is 3.38. The maximum atomic E-state index is 12.4. The van der Waals surface area contributed by atoms with Crippen molar-refractivity contribution in [1.82, 2.24) is 20.0 Å². The molecule has 0 unspecified atom stereocenters. The molecule has 0 radical (unpaired) electrons. The number of aliphatic hydroxyl groups excluding tert-OH is 1. The van der Waals surface area contributed by atoms with E-state index in [4.69, 9.17) is 5.11 Å². The molecular formula is C18H26N4O3. The Bertz CT molecular complexity index is 587. The number of β-amino-alcohol motifs (C(OH)–C–C–N with tert-alkyl or cyclic N) is 1. The van der Waals surface area contributed by atoms with E-state index >= 15 is 0 Å². The molecule has 2 amide bonds. The molecule has 2 aliphatic rings. The topological polar surface area (TPSA) is 76.1 Å². The smallest absolute Gasteiger partial charge is 0.261 e. The molecule has 3 rings (SSSR count). The van der Waals surface area contributed by atoms with Gasteiger partial charge in [0.25, 0.3) is 11.8 Å². The fraction of sp³-hybridized carbons (Fsp3) is 0.556. The largest absolute Gasteiger partial charge is 0.395 e. The third kappa shape index (κ3) is 4.24. The highest BCUT2D eigenvalue weighted by Gasteiger charge is 2.34. The lowest BCUT2D eigenvalue weighted by atomic mass is 10.1. The zero-order chi connectivity index (χ0) is 17.6. The highest BCUT2D eigenvalue weighted by molar-refractivity contribution is 6.21. The van der Waals surface area contributed by atoms with E-state index in [1.54, 1.807) is 24.3 Å². The van der Waals surface area contributed by atoms with Crippen LogP contribution >= 0.6 is 0 Å².